The number of nitrogens with one attached hydrogen (secondary N) is 3. The van der Waals surface area contributed by atoms with Crippen molar-refractivity contribution < 1.29 is 18.8 Å². The number of carbonyl (C=O) groups excluding carboxylic acids is 3. The van der Waals surface area contributed by atoms with Gasteiger partial charge in [0.05, 0.1) is 18.3 Å². The molecule has 3 N–H and O–H groups in total. The molecule has 4 aromatic rings. The second-order valence-corrected chi connectivity index (χ2v) is 9.10. The first-order valence-electron chi connectivity index (χ1n) is 12.5. The summed E-state index contributed by atoms with van der Waals surface area (Å²) < 4.78 is 14.8. The summed E-state index contributed by atoms with van der Waals surface area (Å²) in [6.45, 7) is 1.68. The Balaban J connectivity index is 1.78. The zero-order chi connectivity index (χ0) is 28.8. The van der Waals surface area contributed by atoms with Crippen LogP contribution in [0.1, 0.15) is 38.8 Å². The number of rotatable bonds is 9. The van der Waals surface area contributed by atoms with Crippen molar-refractivity contribution in [3.63, 3.8) is 0 Å². The number of halogens is 1. The van der Waals surface area contributed by atoms with Crippen LogP contribution in [0.2, 0.25) is 0 Å². The molecular formula is C30H28FN5O4. The van der Waals surface area contributed by atoms with Gasteiger partial charge in [0, 0.05) is 36.1 Å². The van der Waals surface area contributed by atoms with E-state index in [2.05, 4.69) is 20.9 Å². The zero-order valence-corrected chi connectivity index (χ0v) is 22.2. The van der Waals surface area contributed by atoms with E-state index >= 15 is 0 Å². The molecule has 2 aromatic carbocycles. The van der Waals surface area contributed by atoms with E-state index in [9.17, 15) is 23.6 Å². The third-order valence-corrected chi connectivity index (χ3v) is 6.41. The predicted octanol–water partition coefficient (Wildman–Crippen LogP) is 3.23. The van der Waals surface area contributed by atoms with E-state index < -0.39 is 17.4 Å². The van der Waals surface area contributed by atoms with Crippen molar-refractivity contribution >= 4 is 23.3 Å². The van der Waals surface area contributed by atoms with Gasteiger partial charge in [-0.1, -0.05) is 12.1 Å². The van der Waals surface area contributed by atoms with Gasteiger partial charge in [-0.25, -0.2) is 4.39 Å². The third-order valence-electron chi connectivity index (χ3n) is 6.41. The number of aromatic nitrogens is 2. The summed E-state index contributed by atoms with van der Waals surface area (Å²) in [4.78, 5) is 55.6. The van der Waals surface area contributed by atoms with Gasteiger partial charge in [-0.15, -0.1) is 0 Å². The molecule has 40 heavy (non-hydrogen) atoms. The lowest BCUT2D eigenvalue weighted by atomic mass is 10.0. The lowest BCUT2D eigenvalue weighted by molar-refractivity contribution is -0.117. The fraction of sp³-hybridized carbons (Fsp3) is 0.167. The molecule has 0 bridgehead atoms. The SMILES string of the molecule is CNC(=O)c1cccc(-c2ccc(NC(=O)[C@H](C)NC)c(=O)n2Cc2cncc(C(=O)c3ccc(F)cc3)c2)c1. The van der Waals surface area contributed by atoms with E-state index in [1.165, 1.54) is 54.3 Å². The van der Waals surface area contributed by atoms with Gasteiger partial charge in [-0.2, -0.15) is 0 Å². The van der Waals surface area contributed by atoms with Crippen molar-refractivity contribution in [3.8, 4) is 11.3 Å². The van der Waals surface area contributed by atoms with Crippen molar-refractivity contribution in [1.29, 1.82) is 0 Å². The van der Waals surface area contributed by atoms with Gasteiger partial charge >= 0.3 is 0 Å². The number of pyridine rings is 2. The lowest BCUT2D eigenvalue weighted by Crippen LogP contribution is -2.37. The highest BCUT2D eigenvalue weighted by molar-refractivity contribution is 6.08. The van der Waals surface area contributed by atoms with Crippen molar-refractivity contribution in [2.24, 2.45) is 0 Å². The van der Waals surface area contributed by atoms with Crippen LogP contribution in [-0.4, -0.2) is 47.3 Å². The highest BCUT2D eigenvalue weighted by Gasteiger charge is 2.18. The van der Waals surface area contributed by atoms with Gasteiger partial charge in [0.25, 0.3) is 11.5 Å². The van der Waals surface area contributed by atoms with Gasteiger partial charge in [0.2, 0.25) is 5.91 Å². The maximum absolute atomic E-state index is 13.7. The van der Waals surface area contributed by atoms with Gasteiger partial charge in [0.1, 0.15) is 11.5 Å². The Morgan fingerprint density at radius 3 is 2.38 bits per heavy atom. The average molecular weight is 542 g/mol. The Hall–Kier alpha value is -4.96. The summed E-state index contributed by atoms with van der Waals surface area (Å²) in [6, 6.07) is 16.3. The molecule has 0 aliphatic heterocycles. The van der Waals surface area contributed by atoms with Crippen LogP contribution in [0, 0.1) is 5.82 Å². The van der Waals surface area contributed by atoms with E-state index in [4.69, 9.17) is 0 Å². The number of hydrogen-bond donors (Lipinski definition) is 3. The molecule has 204 valence electrons. The second-order valence-electron chi connectivity index (χ2n) is 9.10. The Bertz CT molecular complexity index is 1630. The number of amides is 2. The van der Waals surface area contributed by atoms with E-state index in [-0.39, 0.29) is 35.4 Å². The first-order chi connectivity index (χ1) is 19.2. The number of carbonyl (C=O) groups is 3. The minimum absolute atomic E-state index is 0.0151. The van der Waals surface area contributed by atoms with Crippen molar-refractivity contribution in [2.45, 2.75) is 19.5 Å². The number of benzene rings is 2. The van der Waals surface area contributed by atoms with Crippen LogP contribution in [0.5, 0.6) is 0 Å². The van der Waals surface area contributed by atoms with Gasteiger partial charge in [0.15, 0.2) is 5.78 Å². The summed E-state index contributed by atoms with van der Waals surface area (Å²) in [6.07, 6.45) is 2.94. The number of ketones is 1. The van der Waals surface area contributed by atoms with Gasteiger partial charge in [-0.05, 0) is 79.7 Å². The molecule has 9 nitrogen and oxygen atoms in total. The fourth-order valence-corrected chi connectivity index (χ4v) is 4.07. The van der Waals surface area contributed by atoms with E-state index in [0.29, 0.717) is 27.9 Å². The normalized spacial score (nSPS) is 11.5. The molecule has 2 amide bonds. The smallest absolute Gasteiger partial charge is 0.275 e. The summed E-state index contributed by atoms with van der Waals surface area (Å²) in [7, 11) is 3.17. The Morgan fingerprint density at radius 1 is 0.925 bits per heavy atom. The molecule has 0 radical (unpaired) electrons. The molecule has 4 rings (SSSR count). The van der Waals surface area contributed by atoms with E-state index in [1.807, 2.05) is 0 Å². The third kappa shape index (κ3) is 6.19. The fourth-order valence-electron chi connectivity index (χ4n) is 4.07. The number of likely N-dealkylation sites (N-methyl/N-ethyl adjacent to an activating group) is 1. The Kier molecular flexibility index (Phi) is 8.60. The largest absolute Gasteiger partial charge is 0.355 e. The first-order valence-corrected chi connectivity index (χ1v) is 12.5. The van der Waals surface area contributed by atoms with Gasteiger partial charge < -0.3 is 20.5 Å². The number of anilines is 1. The van der Waals surface area contributed by atoms with Crippen LogP contribution >= 0.6 is 0 Å². The molecule has 0 spiro atoms. The van der Waals surface area contributed by atoms with Crippen LogP contribution in [0.4, 0.5) is 10.1 Å². The first kappa shape index (κ1) is 28.1. The Labute approximate surface area is 230 Å². The topological polar surface area (TPSA) is 122 Å². The minimum atomic E-state index is -0.532. The average Bonchev–Trinajstić information content (AvgIpc) is 2.98. The highest BCUT2D eigenvalue weighted by atomic mass is 19.1. The van der Waals surface area contributed by atoms with E-state index in [0.717, 1.165) is 0 Å². The quantitative estimate of drug-likeness (QED) is 0.280. The molecule has 0 unspecified atom stereocenters. The summed E-state index contributed by atoms with van der Waals surface area (Å²) in [5, 5.41) is 8.08. The zero-order valence-electron chi connectivity index (χ0n) is 22.2. The molecule has 0 saturated heterocycles. The predicted molar refractivity (Wildman–Crippen MR) is 150 cm³/mol. The minimum Gasteiger partial charge on any atom is -0.355 e. The monoisotopic (exact) mass is 541 g/mol. The highest BCUT2D eigenvalue weighted by Crippen LogP contribution is 2.23. The number of hydrogen-bond acceptors (Lipinski definition) is 6. The van der Waals surface area contributed by atoms with Crippen molar-refractivity contribution in [3.05, 3.63) is 118 Å². The van der Waals surface area contributed by atoms with Crippen LogP contribution in [0.25, 0.3) is 11.3 Å². The number of nitrogens with zero attached hydrogens (tertiary/aromatic N) is 2. The maximum atomic E-state index is 13.7. The summed E-state index contributed by atoms with van der Waals surface area (Å²) >= 11 is 0. The molecule has 2 aromatic heterocycles. The molecule has 10 heteroatoms. The molecule has 1 atom stereocenters. The van der Waals surface area contributed by atoms with Crippen LogP contribution < -0.4 is 21.5 Å². The van der Waals surface area contributed by atoms with Crippen LogP contribution in [0.3, 0.4) is 0 Å². The van der Waals surface area contributed by atoms with Crippen molar-refractivity contribution in [2.75, 3.05) is 19.4 Å². The molecule has 0 aliphatic rings. The summed E-state index contributed by atoms with van der Waals surface area (Å²) in [5.74, 6) is -1.46. The van der Waals surface area contributed by atoms with Crippen LogP contribution in [-0.2, 0) is 11.3 Å². The lowest BCUT2D eigenvalue weighted by Gasteiger charge is -2.17. The Morgan fingerprint density at radius 2 is 1.68 bits per heavy atom. The van der Waals surface area contributed by atoms with E-state index in [1.54, 1.807) is 50.4 Å². The summed E-state index contributed by atoms with van der Waals surface area (Å²) in [5.41, 5.74) is 2.22. The molecule has 2 heterocycles. The maximum Gasteiger partial charge on any atom is 0.275 e. The standard InChI is InChI=1S/C30H28FN5O4/c1-18(32-2)28(38)35-25-11-12-26(21-5-4-6-22(14-21)29(39)33-3)36(30(25)40)17-19-13-23(16-34-15-19)27(37)20-7-9-24(31)10-8-20/h4-16,18,32H,17H2,1-3H3,(H,33,39)(H,35,38)/t18-/m0/s1. The molecule has 0 saturated carbocycles. The molecule has 0 fully saturated rings. The van der Waals surface area contributed by atoms with Gasteiger partial charge in [-0.3, -0.25) is 24.2 Å². The van der Waals surface area contributed by atoms with Crippen molar-refractivity contribution in [1.82, 2.24) is 20.2 Å². The van der Waals surface area contributed by atoms with Crippen LogP contribution in [0.15, 0.2) is 83.9 Å². The molecular weight excluding hydrogens is 513 g/mol. The molecule has 0 aliphatic carbocycles. The second kappa shape index (κ2) is 12.3.